The van der Waals surface area contributed by atoms with Gasteiger partial charge in [-0.3, -0.25) is 9.48 Å². The molecule has 1 N–H and O–H groups in total. The van der Waals surface area contributed by atoms with Crippen molar-refractivity contribution < 1.29 is 9.90 Å². The number of likely N-dealkylation sites (tertiary alicyclic amines) is 1. The normalized spacial score (nSPS) is 19.3. The van der Waals surface area contributed by atoms with Crippen molar-refractivity contribution in [3.8, 4) is 11.3 Å². The van der Waals surface area contributed by atoms with Gasteiger partial charge in [-0.2, -0.15) is 5.10 Å². The van der Waals surface area contributed by atoms with Crippen LogP contribution < -0.4 is 0 Å². The van der Waals surface area contributed by atoms with E-state index in [-0.39, 0.29) is 11.8 Å². The average Bonchev–Trinajstić information content (AvgIpc) is 2.96. The quantitative estimate of drug-likeness (QED) is 0.928. The van der Waals surface area contributed by atoms with Gasteiger partial charge in [0.05, 0.1) is 16.7 Å². The van der Waals surface area contributed by atoms with E-state index in [1.165, 1.54) is 0 Å². The van der Waals surface area contributed by atoms with E-state index in [0.29, 0.717) is 29.4 Å². The van der Waals surface area contributed by atoms with Crippen LogP contribution >= 0.6 is 11.6 Å². The largest absolute Gasteiger partial charge is 0.393 e. The van der Waals surface area contributed by atoms with Gasteiger partial charge in [-0.25, -0.2) is 0 Å². The Balaban J connectivity index is 1.92. The predicted octanol–water partition coefficient (Wildman–Crippen LogP) is 2.97. The number of hydrogen-bond donors (Lipinski definition) is 1. The molecule has 2 heterocycles. The molecule has 1 aliphatic heterocycles. The molecule has 0 radical (unpaired) electrons. The molecule has 0 bridgehead atoms. The fourth-order valence-electron chi connectivity index (χ4n) is 3.26. The maximum absolute atomic E-state index is 13.0. The summed E-state index contributed by atoms with van der Waals surface area (Å²) in [5.74, 6) is 0.0755. The van der Waals surface area contributed by atoms with Crippen molar-refractivity contribution in [2.45, 2.75) is 25.9 Å². The molecule has 2 unspecified atom stereocenters. The number of nitrogens with zero attached hydrogens (tertiary/aromatic N) is 3. The van der Waals surface area contributed by atoms with Crippen molar-refractivity contribution in [1.82, 2.24) is 14.7 Å². The first-order valence-corrected chi connectivity index (χ1v) is 8.61. The topological polar surface area (TPSA) is 58.4 Å². The lowest BCUT2D eigenvalue weighted by atomic mass is 9.93. The third-order valence-corrected chi connectivity index (χ3v) is 4.95. The van der Waals surface area contributed by atoms with E-state index < -0.39 is 6.10 Å². The molecule has 1 aromatic heterocycles. The number of aliphatic hydroxyl groups is 1. The summed E-state index contributed by atoms with van der Waals surface area (Å²) < 4.78 is 1.64. The van der Waals surface area contributed by atoms with E-state index in [1.807, 2.05) is 23.1 Å². The van der Waals surface area contributed by atoms with Gasteiger partial charge in [-0.05, 0) is 25.8 Å². The van der Waals surface area contributed by atoms with Gasteiger partial charge < -0.3 is 10.0 Å². The van der Waals surface area contributed by atoms with Crippen LogP contribution in [0.4, 0.5) is 0 Å². The third kappa shape index (κ3) is 3.32. The van der Waals surface area contributed by atoms with E-state index in [1.54, 1.807) is 30.9 Å². The van der Waals surface area contributed by atoms with Crippen LogP contribution in [0.1, 0.15) is 30.1 Å². The zero-order valence-corrected chi connectivity index (χ0v) is 14.7. The monoisotopic (exact) mass is 347 g/mol. The highest BCUT2D eigenvalue weighted by Gasteiger charge is 2.29. The summed E-state index contributed by atoms with van der Waals surface area (Å²) in [7, 11) is 1.80. The molecule has 1 aromatic carbocycles. The van der Waals surface area contributed by atoms with Crippen LogP contribution in [0, 0.1) is 5.92 Å². The second-order valence-corrected chi connectivity index (χ2v) is 6.85. The van der Waals surface area contributed by atoms with Crippen LogP contribution in [-0.4, -0.2) is 44.9 Å². The van der Waals surface area contributed by atoms with Gasteiger partial charge in [0.25, 0.3) is 5.91 Å². The van der Waals surface area contributed by atoms with Crippen LogP contribution in [0.25, 0.3) is 11.3 Å². The Morgan fingerprint density at radius 1 is 1.42 bits per heavy atom. The Bertz CT molecular complexity index is 742. The minimum atomic E-state index is -0.405. The maximum Gasteiger partial charge on any atom is 0.257 e. The average molecular weight is 348 g/mol. The van der Waals surface area contributed by atoms with Crippen LogP contribution in [0.3, 0.4) is 0 Å². The van der Waals surface area contributed by atoms with Crippen molar-refractivity contribution in [1.29, 1.82) is 0 Å². The molecule has 2 aromatic rings. The molecule has 0 saturated carbocycles. The van der Waals surface area contributed by atoms with Gasteiger partial charge in [0, 0.05) is 37.8 Å². The summed E-state index contributed by atoms with van der Waals surface area (Å²) in [6.07, 6.45) is 3.19. The highest BCUT2D eigenvalue weighted by atomic mass is 35.5. The van der Waals surface area contributed by atoms with E-state index in [4.69, 9.17) is 11.6 Å². The van der Waals surface area contributed by atoms with Gasteiger partial charge >= 0.3 is 0 Å². The van der Waals surface area contributed by atoms with E-state index >= 15 is 0 Å². The van der Waals surface area contributed by atoms with Crippen LogP contribution in [0.15, 0.2) is 30.5 Å². The Hall–Kier alpha value is -1.85. The number of halogens is 1. The number of hydrogen-bond acceptors (Lipinski definition) is 3. The molecule has 1 saturated heterocycles. The standard InChI is InChI=1S/C18H22ClN3O2/c1-12(23)13-6-5-9-22(10-13)18(24)15-11-21(2)20-17(15)14-7-3-4-8-16(14)19/h3-4,7-8,11-13,23H,5-6,9-10H2,1-2H3. The van der Waals surface area contributed by atoms with Gasteiger partial charge in [-0.1, -0.05) is 29.8 Å². The summed E-state index contributed by atoms with van der Waals surface area (Å²) in [5, 5.41) is 14.9. The molecular formula is C18H22ClN3O2. The number of carbonyl (C=O) groups is 1. The lowest BCUT2D eigenvalue weighted by Crippen LogP contribution is -2.43. The maximum atomic E-state index is 13.0. The van der Waals surface area contributed by atoms with E-state index in [0.717, 1.165) is 18.4 Å². The van der Waals surface area contributed by atoms with E-state index in [2.05, 4.69) is 5.10 Å². The van der Waals surface area contributed by atoms with E-state index in [9.17, 15) is 9.90 Å². The van der Waals surface area contributed by atoms with Crippen LogP contribution in [0.2, 0.25) is 5.02 Å². The second kappa shape index (κ2) is 6.95. The van der Waals surface area contributed by atoms with Crippen molar-refractivity contribution in [3.63, 3.8) is 0 Å². The zero-order chi connectivity index (χ0) is 17.3. The summed E-state index contributed by atoms with van der Waals surface area (Å²) >= 11 is 6.29. The first-order valence-electron chi connectivity index (χ1n) is 8.23. The smallest absolute Gasteiger partial charge is 0.257 e. The number of carbonyl (C=O) groups excluding carboxylic acids is 1. The molecule has 1 amide bonds. The molecule has 24 heavy (non-hydrogen) atoms. The number of aromatic nitrogens is 2. The number of rotatable bonds is 3. The van der Waals surface area contributed by atoms with Gasteiger partial charge in [0.1, 0.15) is 5.69 Å². The van der Waals surface area contributed by atoms with Crippen molar-refractivity contribution in [2.24, 2.45) is 13.0 Å². The number of aliphatic hydroxyl groups excluding tert-OH is 1. The second-order valence-electron chi connectivity index (χ2n) is 6.44. The minimum absolute atomic E-state index is 0.0524. The fraction of sp³-hybridized carbons (Fsp3) is 0.444. The zero-order valence-electron chi connectivity index (χ0n) is 13.9. The Labute approximate surface area is 146 Å². The van der Waals surface area contributed by atoms with Crippen molar-refractivity contribution >= 4 is 17.5 Å². The van der Waals surface area contributed by atoms with Crippen LogP contribution in [0.5, 0.6) is 0 Å². The summed E-state index contributed by atoms with van der Waals surface area (Å²) in [4.78, 5) is 14.9. The molecule has 0 spiro atoms. The first kappa shape index (κ1) is 17.0. The summed E-state index contributed by atoms with van der Waals surface area (Å²) in [6, 6.07) is 7.41. The van der Waals surface area contributed by atoms with Gasteiger partial charge in [0.15, 0.2) is 0 Å². The summed E-state index contributed by atoms with van der Waals surface area (Å²) in [5.41, 5.74) is 1.91. The fourth-order valence-corrected chi connectivity index (χ4v) is 3.48. The Kier molecular flexibility index (Phi) is 4.92. The summed E-state index contributed by atoms with van der Waals surface area (Å²) in [6.45, 7) is 3.07. The van der Waals surface area contributed by atoms with Crippen LogP contribution in [-0.2, 0) is 7.05 Å². The molecule has 0 aliphatic carbocycles. The molecule has 1 fully saturated rings. The SMILES string of the molecule is CC(O)C1CCCN(C(=O)c2cn(C)nc2-c2ccccc2Cl)C1. The lowest BCUT2D eigenvalue weighted by molar-refractivity contribution is 0.0466. The number of aryl methyl sites for hydroxylation is 1. The molecule has 3 rings (SSSR count). The number of amides is 1. The molecule has 2 atom stereocenters. The predicted molar refractivity (Wildman–Crippen MR) is 94.0 cm³/mol. The Morgan fingerprint density at radius 2 is 2.17 bits per heavy atom. The number of piperidine rings is 1. The first-order chi connectivity index (χ1) is 11.5. The number of benzene rings is 1. The molecule has 128 valence electrons. The van der Waals surface area contributed by atoms with Crippen molar-refractivity contribution in [3.05, 3.63) is 41.0 Å². The highest BCUT2D eigenvalue weighted by molar-refractivity contribution is 6.33. The molecule has 1 aliphatic rings. The van der Waals surface area contributed by atoms with Crippen molar-refractivity contribution in [2.75, 3.05) is 13.1 Å². The van der Waals surface area contributed by atoms with Gasteiger partial charge in [-0.15, -0.1) is 0 Å². The molecular weight excluding hydrogens is 326 g/mol. The molecule has 5 nitrogen and oxygen atoms in total. The highest BCUT2D eigenvalue weighted by Crippen LogP contribution is 2.30. The van der Waals surface area contributed by atoms with Gasteiger partial charge in [0.2, 0.25) is 0 Å². The lowest BCUT2D eigenvalue weighted by Gasteiger charge is -2.34. The molecule has 6 heteroatoms. The Morgan fingerprint density at radius 3 is 2.88 bits per heavy atom. The minimum Gasteiger partial charge on any atom is -0.393 e. The third-order valence-electron chi connectivity index (χ3n) is 4.62.